The smallest absolute Gasteiger partial charge is 0.166 e. The number of aromatic nitrogens is 2. The van der Waals surface area contributed by atoms with Crippen LogP contribution in [0.3, 0.4) is 0 Å². The molecule has 0 atom stereocenters. The van der Waals surface area contributed by atoms with Crippen LogP contribution in [0.5, 0.6) is 0 Å². The second kappa shape index (κ2) is 5.90. The number of hydrogen-bond acceptors (Lipinski definition) is 2. The van der Waals surface area contributed by atoms with E-state index in [0.717, 1.165) is 21.9 Å². The molecule has 0 saturated heterocycles. The van der Waals surface area contributed by atoms with Crippen molar-refractivity contribution in [3.05, 3.63) is 24.3 Å². The summed E-state index contributed by atoms with van der Waals surface area (Å²) in [6.45, 7) is 2.12. The first-order valence-corrected chi connectivity index (χ1v) is 4.96. The Morgan fingerprint density at radius 1 is 1.36 bits per heavy atom. The minimum atomic E-state index is 0. The molecule has 78 valence electrons. The number of para-hydroxylation sites is 2. The van der Waals surface area contributed by atoms with Crippen LogP contribution in [0.4, 0.5) is 0 Å². The minimum Gasteiger partial charge on any atom is -0.412 e. The predicted octanol–water partition coefficient (Wildman–Crippen LogP) is 2.27. The Balaban J connectivity index is 0.000000845. The molecule has 0 saturated carbocycles. The van der Waals surface area contributed by atoms with Crippen LogP contribution < -0.4 is 0 Å². The van der Waals surface area contributed by atoms with Crippen LogP contribution in [0.15, 0.2) is 29.4 Å². The van der Waals surface area contributed by atoms with Crippen molar-refractivity contribution in [2.75, 3.05) is 5.75 Å². The molecule has 5 heteroatoms. The van der Waals surface area contributed by atoms with E-state index in [-0.39, 0.29) is 17.9 Å². The summed E-state index contributed by atoms with van der Waals surface area (Å²) in [7, 11) is 0. The first-order valence-electron chi connectivity index (χ1n) is 3.97. The fourth-order valence-corrected chi connectivity index (χ4v) is 1.75. The summed E-state index contributed by atoms with van der Waals surface area (Å²) in [4.78, 5) is 7.66. The van der Waals surface area contributed by atoms with Crippen LogP contribution >= 0.6 is 24.2 Å². The molecule has 2 aromatic rings. The van der Waals surface area contributed by atoms with Crippen molar-refractivity contribution in [3.63, 3.8) is 0 Å². The van der Waals surface area contributed by atoms with Crippen molar-refractivity contribution in [2.24, 2.45) is 0 Å². The predicted molar refractivity (Wildman–Crippen MR) is 63.4 cm³/mol. The zero-order valence-electron chi connectivity index (χ0n) is 7.78. The first kappa shape index (κ1) is 13.3. The Labute approximate surface area is 93.0 Å². The molecule has 0 aliphatic rings. The van der Waals surface area contributed by atoms with E-state index in [0.29, 0.717) is 0 Å². The standard InChI is InChI=1S/C9H10N2S.ClH.H2O/c1-2-12-9-10-7-5-3-4-6-8(7)11-9;;/h3-6H,2H2,1H3,(H,10,11);1H;1H2. The van der Waals surface area contributed by atoms with E-state index in [1.54, 1.807) is 11.8 Å². The summed E-state index contributed by atoms with van der Waals surface area (Å²) < 4.78 is 0. The number of fused-ring (bicyclic) bond motifs is 1. The van der Waals surface area contributed by atoms with Gasteiger partial charge in [-0.25, -0.2) is 4.98 Å². The maximum Gasteiger partial charge on any atom is 0.166 e. The Bertz CT molecular complexity index is 358. The van der Waals surface area contributed by atoms with Gasteiger partial charge in [-0.05, 0) is 17.9 Å². The van der Waals surface area contributed by atoms with Crippen LogP contribution in [-0.4, -0.2) is 21.2 Å². The molecule has 1 aromatic carbocycles. The highest BCUT2D eigenvalue weighted by atomic mass is 35.5. The van der Waals surface area contributed by atoms with Gasteiger partial charge in [-0.15, -0.1) is 12.4 Å². The van der Waals surface area contributed by atoms with Crippen molar-refractivity contribution < 1.29 is 5.48 Å². The Morgan fingerprint density at radius 3 is 2.71 bits per heavy atom. The van der Waals surface area contributed by atoms with Crippen LogP contribution in [0, 0.1) is 0 Å². The number of nitrogens with one attached hydrogen (secondary N) is 1. The molecule has 0 radical (unpaired) electrons. The molecular formula is C9H13ClN2OS. The van der Waals surface area contributed by atoms with E-state index in [4.69, 9.17) is 0 Å². The van der Waals surface area contributed by atoms with Crippen LogP contribution in [-0.2, 0) is 0 Å². The maximum atomic E-state index is 4.41. The number of rotatable bonds is 2. The van der Waals surface area contributed by atoms with Gasteiger partial charge in [0.1, 0.15) is 0 Å². The molecule has 0 unspecified atom stereocenters. The molecular weight excluding hydrogens is 220 g/mol. The Hall–Kier alpha value is -0.710. The summed E-state index contributed by atoms with van der Waals surface area (Å²) in [5.74, 6) is 1.06. The lowest BCUT2D eigenvalue weighted by molar-refractivity contribution is 0.824. The van der Waals surface area contributed by atoms with Gasteiger partial charge in [-0.3, -0.25) is 0 Å². The number of nitrogens with zero attached hydrogens (tertiary/aromatic N) is 1. The molecule has 0 fully saturated rings. The van der Waals surface area contributed by atoms with Gasteiger partial charge >= 0.3 is 0 Å². The highest BCUT2D eigenvalue weighted by Crippen LogP contribution is 2.18. The molecule has 14 heavy (non-hydrogen) atoms. The molecule has 0 spiro atoms. The number of thioether (sulfide) groups is 1. The normalized spacial score (nSPS) is 9.21. The van der Waals surface area contributed by atoms with Crippen molar-refractivity contribution in [2.45, 2.75) is 12.1 Å². The van der Waals surface area contributed by atoms with Gasteiger partial charge in [-0.2, -0.15) is 0 Å². The molecule has 2 rings (SSSR count). The van der Waals surface area contributed by atoms with Crippen LogP contribution in [0.2, 0.25) is 0 Å². The molecule has 1 heterocycles. The molecule has 1 aromatic heterocycles. The fraction of sp³-hybridized carbons (Fsp3) is 0.222. The fourth-order valence-electron chi connectivity index (χ4n) is 1.13. The molecule has 0 amide bonds. The zero-order chi connectivity index (χ0) is 8.39. The largest absolute Gasteiger partial charge is 0.412 e. The summed E-state index contributed by atoms with van der Waals surface area (Å²) in [6.07, 6.45) is 0. The van der Waals surface area contributed by atoms with Crippen molar-refractivity contribution in [1.82, 2.24) is 9.97 Å². The van der Waals surface area contributed by atoms with E-state index in [1.165, 1.54) is 0 Å². The van der Waals surface area contributed by atoms with Gasteiger partial charge < -0.3 is 10.5 Å². The van der Waals surface area contributed by atoms with E-state index < -0.39 is 0 Å². The van der Waals surface area contributed by atoms with E-state index in [1.807, 2.05) is 24.3 Å². The summed E-state index contributed by atoms with van der Waals surface area (Å²) in [5, 5.41) is 1.01. The lowest BCUT2D eigenvalue weighted by Crippen LogP contribution is -1.73. The van der Waals surface area contributed by atoms with Gasteiger partial charge in [0.25, 0.3) is 0 Å². The average Bonchev–Trinajstić information content (AvgIpc) is 2.47. The lowest BCUT2D eigenvalue weighted by atomic mass is 10.3. The van der Waals surface area contributed by atoms with Gasteiger partial charge in [0, 0.05) is 0 Å². The highest BCUT2D eigenvalue weighted by Gasteiger charge is 1.99. The zero-order valence-corrected chi connectivity index (χ0v) is 9.41. The van der Waals surface area contributed by atoms with Gasteiger partial charge in [0.05, 0.1) is 11.0 Å². The number of hydrogen-bond donors (Lipinski definition) is 1. The monoisotopic (exact) mass is 232 g/mol. The third kappa shape index (κ3) is 2.64. The number of H-pyrrole nitrogens is 1. The SMILES string of the molecule is CCSc1nc2ccccc2[nH]1.Cl.O. The lowest BCUT2D eigenvalue weighted by Gasteiger charge is -1.86. The quantitative estimate of drug-likeness (QED) is 0.808. The van der Waals surface area contributed by atoms with E-state index in [2.05, 4.69) is 16.9 Å². The number of benzene rings is 1. The first-order chi connectivity index (χ1) is 5.90. The molecule has 3 nitrogen and oxygen atoms in total. The highest BCUT2D eigenvalue weighted by molar-refractivity contribution is 7.99. The van der Waals surface area contributed by atoms with Gasteiger partial charge in [-0.1, -0.05) is 30.8 Å². The average molecular weight is 233 g/mol. The van der Waals surface area contributed by atoms with Gasteiger partial charge in [0.15, 0.2) is 5.16 Å². The second-order valence-corrected chi connectivity index (χ2v) is 3.74. The minimum absolute atomic E-state index is 0. The third-order valence-corrected chi connectivity index (χ3v) is 2.40. The third-order valence-electron chi connectivity index (χ3n) is 1.65. The molecule has 0 aliphatic heterocycles. The summed E-state index contributed by atoms with van der Waals surface area (Å²) in [6, 6.07) is 8.08. The van der Waals surface area contributed by atoms with Crippen molar-refractivity contribution in [1.29, 1.82) is 0 Å². The van der Waals surface area contributed by atoms with Gasteiger partial charge in [0.2, 0.25) is 0 Å². The number of halogens is 1. The van der Waals surface area contributed by atoms with Crippen molar-refractivity contribution in [3.8, 4) is 0 Å². The van der Waals surface area contributed by atoms with E-state index in [9.17, 15) is 0 Å². The van der Waals surface area contributed by atoms with Crippen LogP contribution in [0.25, 0.3) is 11.0 Å². The van der Waals surface area contributed by atoms with Crippen LogP contribution in [0.1, 0.15) is 6.92 Å². The Morgan fingerprint density at radius 2 is 2.07 bits per heavy atom. The Kier molecular flexibility index (Phi) is 5.60. The molecule has 3 N–H and O–H groups in total. The number of imidazole rings is 1. The summed E-state index contributed by atoms with van der Waals surface area (Å²) >= 11 is 1.73. The molecule has 0 aliphatic carbocycles. The molecule has 0 bridgehead atoms. The second-order valence-electron chi connectivity index (χ2n) is 2.49. The summed E-state index contributed by atoms with van der Waals surface area (Å²) in [5.41, 5.74) is 2.17. The topological polar surface area (TPSA) is 60.2 Å². The van der Waals surface area contributed by atoms with E-state index >= 15 is 0 Å². The maximum absolute atomic E-state index is 4.41. The van der Waals surface area contributed by atoms with Crippen molar-refractivity contribution >= 4 is 35.2 Å². The number of aromatic amines is 1.